The van der Waals surface area contributed by atoms with Crippen LogP contribution in [0.15, 0.2) is 0 Å². The average molecular weight is 283 g/mol. The summed E-state index contributed by atoms with van der Waals surface area (Å²) in [7, 11) is 1.35. The number of hydrogen-bond donors (Lipinski definition) is 2. The van der Waals surface area contributed by atoms with E-state index in [9.17, 15) is 9.59 Å². The molecular formula is C13H17NO4S. The third-order valence-corrected chi connectivity index (χ3v) is 4.33. The number of aliphatic hydroxyl groups excluding tert-OH is 1. The first-order chi connectivity index (χ1) is 9.17. The standard InChI is InChI=1S/C13H17NO4S/c1-18-13(17)11-8-4-2-5-9(8)19-12(11)14-10(16)6-3-7-15/h15H,2-7H2,1H3,(H,14,16). The van der Waals surface area contributed by atoms with Crippen molar-refractivity contribution in [3.8, 4) is 0 Å². The van der Waals surface area contributed by atoms with Crippen molar-refractivity contribution in [1.29, 1.82) is 0 Å². The number of ether oxygens (including phenoxy) is 1. The summed E-state index contributed by atoms with van der Waals surface area (Å²) >= 11 is 1.46. The van der Waals surface area contributed by atoms with E-state index in [4.69, 9.17) is 9.84 Å². The van der Waals surface area contributed by atoms with E-state index in [2.05, 4.69) is 5.32 Å². The van der Waals surface area contributed by atoms with Crippen molar-refractivity contribution in [2.75, 3.05) is 19.0 Å². The van der Waals surface area contributed by atoms with E-state index in [0.29, 0.717) is 17.0 Å². The molecule has 0 radical (unpaired) electrons. The van der Waals surface area contributed by atoms with Crippen molar-refractivity contribution < 1.29 is 19.4 Å². The Balaban J connectivity index is 2.20. The topological polar surface area (TPSA) is 75.6 Å². The molecule has 0 atom stereocenters. The van der Waals surface area contributed by atoms with Crippen LogP contribution in [0.5, 0.6) is 0 Å². The number of thiophene rings is 1. The highest BCUT2D eigenvalue weighted by atomic mass is 32.1. The Bertz CT molecular complexity index is 495. The molecule has 19 heavy (non-hydrogen) atoms. The van der Waals surface area contributed by atoms with Gasteiger partial charge >= 0.3 is 5.97 Å². The van der Waals surface area contributed by atoms with E-state index in [1.807, 2.05) is 0 Å². The zero-order valence-corrected chi connectivity index (χ0v) is 11.6. The highest BCUT2D eigenvalue weighted by molar-refractivity contribution is 7.17. The summed E-state index contributed by atoms with van der Waals surface area (Å²) in [4.78, 5) is 24.7. The van der Waals surface area contributed by atoms with E-state index < -0.39 is 5.97 Å². The average Bonchev–Trinajstić information content (AvgIpc) is 2.95. The normalized spacial score (nSPS) is 13.2. The van der Waals surface area contributed by atoms with Crippen molar-refractivity contribution in [1.82, 2.24) is 0 Å². The highest BCUT2D eigenvalue weighted by Gasteiger charge is 2.27. The lowest BCUT2D eigenvalue weighted by atomic mass is 10.1. The van der Waals surface area contributed by atoms with E-state index in [1.165, 1.54) is 18.4 Å². The second kappa shape index (κ2) is 6.16. The highest BCUT2D eigenvalue weighted by Crippen LogP contribution is 2.39. The molecule has 104 valence electrons. The van der Waals surface area contributed by atoms with Crippen LogP contribution in [0.3, 0.4) is 0 Å². The Kier molecular flexibility index (Phi) is 4.55. The van der Waals surface area contributed by atoms with Crippen LogP contribution in [0.1, 0.15) is 40.1 Å². The zero-order valence-electron chi connectivity index (χ0n) is 10.8. The van der Waals surface area contributed by atoms with Gasteiger partial charge in [0.05, 0.1) is 12.7 Å². The first kappa shape index (κ1) is 14.0. The van der Waals surface area contributed by atoms with Crippen LogP contribution < -0.4 is 5.32 Å². The second-order valence-electron chi connectivity index (χ2n) is 4.43. The van der Waals surface area contributed by atoms with Gasteiger partial charge < -0.3 is 15.2 Å². The van der Waals surface area contributed by atoms with Crippen LogP contribution in [0.25, 0.3) is 0 Å². The summed E-state index contributed by atoms with van der Waals surface area (Å²) in [5, 5.41) is 12.0. The summed E-state index contributed by atoms with van der Waals surface area (Å²) < 4.78 is 4.80. The molecule has 1 amide bonds. The molecule has 1 heterocycles. The molecule has 0 saturated heterocycles. The van der Waals surface area contributed by atoms with E-state index in [1.54, 1.807) is 0 Å². The Labute approximate surface area is 115 Å². The molecule has 0 aromatic carbocycles. The van der Waals surface area contributed by atoms with Gasteiger partial charge in [0.25, 0.3) is 0 Å². The van der Waals surface area contributed by atoms with Gasteiger partial charge in [-0.25, -0.2) is 4.79 Å². The maximum absolute atomic E-state index is 11.8. The summed E-state index contributed by atoms with van der Waals surface area (Å²) in [6.07, 6.45) is 3.54. The monoisotopic (exact) mass is 283 g/mol. The summed E-state index contributed by atoms with van der Waals surface area (Å²) in [6.45, 7) is -0.0157. The molecule has 0 bridgehead atoms. The maximum Gasteiger partial charge on any atom is 0.341 e. The predicted octanol–water partition coefficient (Wildman–Crippen LogP) is 1.73. The van der Waals surface area contributed by atoms with Gasteiger partial charge in [0, 0.05) is 17.9 Å². The minimum absolute atomic E-state index is 0.0157. The third kappa shape index (κ3) is 2.96. The molecule has 6 heteroatoms. The molecule has 0 fully saturated rings. The number of nitrogens with one attached hydrogen (secondary N) is 1. The quantitative estimate of drug-likeness (QED) is 0.807. The fourth-order valence-corrected chi connectivity index (χ4v) is 3.53. The molecule has 2 rings (SSSR count). The van der Waals surface area contributed by atoms with Gasteiger partial charge in [-0.15, -0.1) is 11.3 Å². The number of hydrogen-bond acceptors (Lipinski definition) is 5. The van der Waals surface area contributed by atoms with E-state index >= 15 is 0 Å². The van der Waals surface area contributed by atoms with Crippen LogP contribution >= 0.6 is 11.3 Å². The molecule has 0 spiro atoms. The Morgan fingerprint density at radius 1 is 1.42 bits per heavy atom. The van der Waals surface area contributed by atoms with Gasteiger partial charge in [0.1, 0.15) is 5.00 Å². The number of rotatable bonds is 5. The molecule has 1 aromatic heterocycles. The molecule has 0 unspecified atom stereocenters. The summed E-state index contributed by atoms with van der Waals surface area (Å²) in [6, 6.07) is 0. The van der Waals surface area contributed by atoms with Gasteiger partial charge in [-0.2, -0.15) is 0 Å². The molecular weight excluding hydrogens is 266 g/mol. The van der Waals surface area contributed by atoms with Gasteiger partial charge in [-0.05, 0) is 31.2 Å². The fourth-order valence-electron chi connectivity index (χ4n) is 2.24. The van der Waals surface area contributed by atoms with Crippen LogP contribution in [-0.4, -0.2) is 30.7 Å². The molecule has 1 aliphatic rings. The number of aryl methyl sites for hydroxylation is 1. The van der Waals surface area contributed by atoms with E-state index in [-0.39, 0.29) is 18.9 Å². The minimum Gasteiger partial charge on any atom is -0.465 e. The van der Waals surface area contributed by atoms with Crippen LogP contribution in [0.2, 0.25) is 0 Å². The SMILES string of the molecule is COC(=O)c1c(NC(=O)CCCO)sc2c1CCC2. The predicted molar refractivity (Wildman–Crippen MR) is 72.6 cm³/mol. The van der Waals surface area contributed by atoms with Crippen LogP contribution in [-0.2, 0) is 22.4 Å². The first-order valence-electron chi connectivity index (χ1n) is 6.31. The Morgan fingerprint density at radius 2 is 2.21 bits per heavy atom. The van der Waals surface area contributed by atoms with Crippen molar-refractivity contribution in [3.05, 3.63) is 16.0 Å². The van der Waals surface area contributed by atoms with Crippen molar-refractivity contribution in [2.24, 2.45) is 0 Å². The van der Waals surface area contributed by atoms with Gasteiger partial charge in [0.15, 0.2) is 0 Å². The molecule has 5 nitrogen and oxygen atoms in total. The number of carbonyl (C=O) groups is 2. The van der Waals surface area contributed by atoms with Gasteiger partial charge in [0.2, 0.25) is 5.91 Å². The third-order valence-electron chi connectivity index (χ3n) is 3.13. The molecule has 1 aromatic rings. The largest absolute Gasteiger partial charge is 0.465 e. The number of carbonyl (C=O) groups excluding carboxylic acids is 2. The van der Waals surface area contributed by atoms with Crippen molar-refractivity contribution in [2.45, 2.75) is 32.1 Å². The number of amides is 1. The lowest BCUT2D eigenvalue weighted by molar-refractivity contribution is -0.116. The van der Waals surface area contributed by atoms with Crippen molar-refractivity contribution >= 4 is 28.2 Å². The second-order valence-corrected chi connectivity index (χ2v) is 5.53. The Morgan fingerprint density at radius 3 is 2.89 bits per heavy atom. The molecule has 0 aliphatic heterocycles. The van der Waals surface area contributed by atoms with E-state index in [0.717, 1.165) is 29.7 Å². The molecule has 1 aliphatic carbocycles. The lowest BCUT2D eigenvalue weighted by Crippen LogP contribution is -2.14. The number of fused-ring (bicyclic) bond motifs is 1. The minimum atomic E-state index is -0.392. The zero-order chi connectivity index (χ0) is 13.8. The maximum atomic E-state index is 11.8. The van der Waals surface area contributed by atoms with Crippen molar-refractivity contribution in [3.63, 3.8) is 0 Å². The first-order valence-corrected chi connectivity index (χ1v) is 7.12. The number of aliphatic hydroxyl groups is 1. The smallest absolute Gasteiger partial charge is 0.341 e. The fraction of sp³-hybridized carbons (Fsp3) is 0.538. The number of methoxy groups -OCH3 is 1. The van der Waals surface area contributed by atoms with Crippen LogP contribution in [0.4, 0.5) is 5.00 Å². The van der Waals surface area contributed by atoms with Crippen LogP contribution in [0, 0.1) is 0 Å². The number of esters is 1. The summed E-state index contributed by atoms with van der Waals surface area (Å²) in [5.41, 5.74) is 1.53. The van der Waals surface area contributed by atoms with Gasteiger partial charge in [-0.3, -0.25) is 4.79 Å². The van der Waals surface area contributed by atoms with Gasteiger partial charge in [-0.1, -0.05) is 0 Å². The Hall–Kier alpha value is -1.40. The molecule has 0 saturated carbocycles. The number of anilines is 1. The molecule has 2 N–H and O–H groups in total. The lowest BCUT2D eigenvalue weighted by Gasteiger charge is -2.06. The summed E-state index contributed by atoms with van der Waals surface area (Å²) in [5.74, 6) is -0.573.